The van der Waals surface area contributed by atoms with E-state index < -0.39 is 0 Å². The lowest BCUT2D eigenvalue weighted by atomic mass is 9.75. The highest BCUT2D eigenvalue weighted by Gasteiger charge is 2.50. The summed E-state index contributed by atoms with van der Waals surface area (Å²) in [5, 5.41) is 10.4. The van der Waals surface area contributed by atoms with E-state index in [1.807, 2.05) is 0 Å². The molecule has 6 unspecified atom stereocenters. The van der Waals surface area contributed by atoms with Crippen LogP contribution in [0, 0.1) is 5.92 Å². The first-order valence-electron chi connectivity index (χ1n) is 8.45. The van der Waals surface area contributed by atoms with Gasteiger partial charge in [-0.3, -0.25) is 9.80 Å². The van der Waals surface area contributed by atoms with E-state index >= 15 is 0 Å². The number of hydrogen-bond donors (Lipinski definition) is 1. The minimum absolute atomic E-state index is 0.0668. The second-order valence-corrected chi connectivity index (χ2v) is 7.49. The zero-order chi connectivity index (χ0) is 13.0. The van der Waals surface area contributed by atoms with Crippen LogP contribution in [0.1, 0.15) is 58.3 Å². The highest BCUT2D eigenvalue weighted by molar-refractivity contribution is 5.03. The first kappa shape index (κ1) is 12.6. The van der Waals surface area contributed by atoms with Crippen molar-refractivity contribution >= 4 is 0 Å². The quantitative estimate of drug-likeness (QED) is 0.726. The maximum absolute atomic E-state index is 10.4. The van der Waals surface area contributed by atoms with E-state index in [4.69, 9.17) is 0 Å². The minimum atomic E-state index is -0.0668. The van der Waals surface area contributed by atoms with Crippen LogP contribution in [0.5, 0.6) is 0 Å². The Morgan fingerprint density at radius 3 is 2.74 bits per heavy atom. The Bertz CT molecular complexity index is 348. The third kappa shape index (κ3) is 1.97. The number of hydrogen-bond acceptors (Lipinski definition) is 3. The lowest BCUT2D eigenvalue weighted by Gasteiger charge is -2.62. The smallest absolute Gasteiger partial charge is 0.0697 e. The van der Waals surface area contributed by atoms with E-state index in [1.165, 1.54) is 51.5 Å². The highest BCUT2D eigenvalue weighted by atomic mass is 16.3. The van der Waals surface area contributed by atoms with Gasteiger partial charge in [0.2, 0.25) is 0 Å². The Labute approximate surface area is 117 Å². The van der Waals surface area contributed by atoms with Crippen molar-refractivity contribution in [3.63, 3.8) is 0 Å². The van der Waals surface area contributed by atoms with Gasteiger partial charge in [-0.05, 0) is 57.4 Å². The maximum atomic E-state index is 10.4. The van der Waals surface area contributed by atoms with Crippen LogP contribution in [0.15, 0.2) is 0 Å². The zero-order valence-corrected chi connectivity index (χ0v) is 12.2. The van der Waals surface area contributed by atoms with Gasteiger partial charge in [-0.1, -0.05) is 13.3 Å². The lowest BCUT2D eigenvalue weighted by molar-refractivity contribution is -0.172. The van der Waals surface area contributed by atoms with Crippen molar-refractivity contribution in [3.8, 4) is 0 Å². The molecule has 4 aliphatic heterocycles. The average Bonchev–Trinajstić information content (AvgIpc) is 2.41. The molecule has 0 aromatic carbocycles. The van der Waals surface area contributed by atoms with E-state index in [-0.39, 0.29) is 6.10 Å². The van der Waals surface area contributed by atoms with Crippen LogP contribution in [-0.4, -0.2) is 51.8 Å². The molecule has 0 aliphatic carbocycles. The van der Waals surface area contributed by atoms with Crippen molar-refractivity contribution in [2.24, 2.45) is 5.92 Å². The van der Waals surface area contributed by atoms with Crippen molar-refractivity contribution < 1.29 is 5.11 Å². The van der Waals surface area contributed by atoms with Crippen LogP contribution in [0.2, 0.25) is 0 Å². The molecule has 4 fully saturated rings. The van der Waals surface area contributed by atoms with Gasteiger partial charge in [0.1, 0.15) is 0 Å². The molecule has 3 nitrogen and oxygen atoms in total. The molecule has 4 saturated heterocycles. The summed E-state index contributed by atoms with van der Waals surface area (Å²) >= 11 is 0. The fraction of sp³-hybridized carbons (Fsp3) is 1.00. The van der Waals surface area contributed by atoms with E-state index in [1.54, 1.807) is 0 Å². The summed E-state index contributed by atoms with van der Waals surface area (Å²) in [4.78, 5) is 5.55. The molecule has 0 bridgehead atoms. The normalized spacial score (nSPS) is 51.5. The third-order valence-corrected chi connectivity index (χ3v) is 6.23. The predicted octanol–water partition coefficient (Wildman–Crippen LogP) is 2.19. The molecule has 0 amide bonds. The molecule has 108 valence electrons. The molecule has 0 aromatic rings. The van der Waals surface area contributed by atoms with Gasteiger partial charge in [0.25, 0.3) is 0 Å². The molecule has 4 rings (SSSR count). The van der Waals surface area contributed by atoms with E-state index in [9.17, 15) is 5.11 Å². The van der Waals surface area contributed by atoms with Crippen molar-refractivity contribution in [2.75, 3.05) is 6.54 Å². The van der Waals surface area contributed by atoms with Crippen LogP contribution in [-0.2, 0) is 0 Å². The van der Waals surface area contributed by atoms with E-state index in [0.29, 0.717) is 12.2 Å². The Hall–Kier alpha value is -0.120. The SMILES string of the molecule is CC1CC2CC3CCCCN3C3CCC(O)C(C1)N23. The van der Waals surface area contributed by atoms with Gasteiger partial charge in [0.05, 0.1) is 12.3 Å². The van der Waals surface area contributed by atoms with Crippen molar-refractivity contribution in [3.05, 3.63) is 0 Å². The molecular formula is C16H28N2O. The number of rotatable bonds is 0. The van der Waals surface area contributed by atoms with Crippen LogP contribution in [0.25, 0.3) is 0 Å². The molecule has 0 spiro atoms. The predicted molar refractivity (Wildman–Crippen MR) is 75.8 cm³/mol. The molecule has 4 aliphatic rings. The Kier molecular flexibility index (Phi) is 3.13. The summed E-state index contributed by atoms with van der Waals surface area (Å²) in [6, 6.07) is 2.06. The molecule has 0 saturated carbocycles. The number of aliphatic hydroxyl groups excluding tert-OH is 1. The summed E-state index contributed by atoms with van der Waals surface area (Å²) < 4.78 is 0. The molecule has 19 heavy (non-hydrogen) atoms. The van der Waals surface area contributed by atoms with Gasteiger partial charge in [-0.15, -0.1) is 0 Å². The summed E-state index contributed by atoms with van der Waals surface area (Å²) in [5.41, 5.74) is 0. The molecular weight excluding hydrogens is 236 g/mol. The Morgan fingerprint density at radius 1 is 0.947 bits per heavy atom. The largest absolute Gasteiger partial charge is 0.391 e. The molecule has 3 heteroatoms. The third-order valence-electron chi connectivity index (χ3n) is 6.23. The van der Waals surface area contributed by atoms with Crippen LogP contribution < -0.4 is 0 Å². The van der Waals surface area contributed by atoms with Crippen LogP contribution in [0.4, 0.5) is 0 Å². The highest BCUT2D eigenvalue weighted by Crippen LogP contribution is 2.44. The van der Waals surface area contributed by atoms with Gasteiger partial charge in [-0.25, -0.2) is 0 Å². The van der Waals surface area contributed by atoms with Crippen LogP contribution in [0.3, 0.4) is 0 Å². The van der Waals surface area contributed by atoms with Gasteiger partial charge < -0.3 is 5.11 Å². The topological polar surface area (TPSA) is 26.7 Å². The molecule has 0 aromatic heterocycles. The van der Waals surface area contributed by atoms with Crippen molar-refractivity contribution in [1.82, 2.24) is 9.80 Å². The number of nitrogens with zero attached hydrogens (tertiary/aromatic N) is 2. The van der Waals surface area contributed by atoms with Gasteiger partial charge in [0, 0.05) is 18.1 Å². The van der Waals surface area contributed by atoms with Crippen molar-refractivity contribution in [1.29, 1.82) is 0 Å². The van der Waals surface area contributed by atoms with Gasteiger partial charge in [-0.2, -0.15) is 0 Å². The number of fused-ring (bicyclic) bond motifs is 2. The number of aliphatic hydroxyl groups is 1. The van der Waals surface area contributed by atoms with E-state index in [2.05, 4.69) is 16.7 Å². The second-order valence-electron chi connectivity index (χ2n) is 7.49. The van der Waals surface area contributed by atoms with Crippen LogP contribution >= 0.6 is 0 Å². The summed E-state index contributed by atoms with van der Waals surface area (Å²) in [5.74, 6) is 0.801. The monoisotopic (exact) mass is 264 g/mol. The summed E-state index contributed by atoms with van der Waals surface area (Å²) in [6.45, 7) is 3.69. The fourth-order valence-corrected chi connectivity index (χ4v) is 5.51. The van der Waals surface area contributed by atoms with Gasteiger partial charge >= 0.3 is 0 Å². The van der Waals surface area contributed by atoms with Gasteiger partial charge in [0.15, 0.2) is 0 Å². The first-order valence-corrected chi connectivity index (χ1v) is 8.45. The number of piperidine rings is 3. The summed E-state index contributed by atoms with van der Waals surface area (Å²) in [6.07, 6.45) is 11.0. The lowest BCUT2D eigenvalue weighted by Crippen LogP contribution is -2.71. The zero-order valence-electron chi connectivity index (χ0n) is 12.2. The van der Waals surface area contributed by atoms with E-state index in [0.717, 1.165) is 24.4 Å². The molecule has 4 heterocycles. The maximum Gasteiger partial charge on any atom is 0.0697 e. The fourth-order valence-electron chi connectivity index (χ4n) is 5.51. The van der Waals surface area contributed by atoms with Crippen molar-refractivity contribution in [2.45, 2.75) is 88.7 Å². The molecule has 6 atom stereocenters. The minimum Gasteiger partial charge on any atom is -0.391 e. The standard InChI is InChI=1S/C16H28N2O/c1-11-8-13-10-12-4-2-3-7-17(12)16-6-5-15(19)14(9-11)18(13)16/h11-16,19H,2-10H2,1H3. The first-order chi connectivity index (χ1) is 9.24. The summed E-state index contributed by atoms with van der Waals surface area (Å²) in [7, 11) is 0. The molecule has 1 N–H and O–H groups in total. The molecule has 0 radical (unpaired) electrons. The Morgan fingerprint density at radius 2 is 1.84 bits per heavy atom. The average molecular weight is 264 g/mol. The Balaban J connectivity index is 1.64. The second kappa shape index (κ2) is 4.71.